The first-order valence-electron chi connectivity index (χ1n) is 28.8. The van der Waals surface area contributed by atoms with Crippen molar-refractivity contribution in [3.05, 3.63) is 0 Å². The Kier molecular flexibility index (Phi) is 49.6. The van der Waals surface area contributed by atoms with E-state index in [1.807, 2.05) is 0 Å². The number of ether oxygens (including phenoxy) is 3. The average Bonchev–Trinajstić information content (AvgIpc) is 3.28. The maximum atomic E-state index is 12.8. The molecule has 0 rings (SSSR count). The van der Waals surface area contributed by atoms with Gasteiger partial charge in [-0.05, 0) is 31.1 Å². The number of unbranched alkanes of at least 4 members (excludes halogenated alkanes) is 36. The average molecular weight is 906 g/mol. The van der Waals surface area contributed by atoms with Crippen molar-refractivity contribution in [2.24, 2.45) is 11.8 Å². The molecule has 0 fully saturated rings. The van der Waals surface area contributed by atoms with Crippen molar-refractivity contribution >= 4 is 17.9 Å². The van der Waals surface area contributed by atoms with Crippen molar-refractivity contribution in [1.29, 1.82) is 0 Å². The molecule has 0 saturated heterocycles. The lowest BCUT2D eigenvalue weighted by atomic mass is 9.99. The van der Waals surface area contributed by atoms with E-state index in [1.165, 1.54) is 212 Å². The van der Waals surface area contributed by atoms with Crippen molar-refractivity contribution in [2.45, 2.75) is 330 Å². The molecule has 0 aliphatic rings. The molecule has 0 aromatic heterocycles. The third-order valence-corrected chi connectivity index (χ3v) is 13.6. The van der Waals surface area contributed by atoms with Crippen molar-refractivity contribution in [3.8, 4) is 0 Å². The van der Waals surface area contributed by atoms with Crippen LogP contribution in [-0.2, 0) is 28.6 Å². The molecular weight excluding hydrogens is 793 g/mol. The van der Waals surface area contributed by atoms with E-state index in [-0.39, 0.29) is 31.1 Å². The zero-order valence-electron chi connectivity index (χ0n) is 43.9. The Balaban J connectivity index is 4.13. The van der Waals surface area contributed by atoms with Gasteiger partial charge in [0.05, 0.1) is 0 Å². The van der Waals surface area contributed by atoms with Crippen LogP contribution in [0.25, 0.3) is 0 Å². The van der Waals surface area contributed by atoms with Gasteiger partial charge in [-0.1, -0.05) is 285 Å². The van der Waals surface area contributed by atoms with Crippen LogP contribution >= 0.6 is 0 Å². The lowest BCUT2D eigenvalue weighted by Gasteiger charge is -2.18. The minimum atomic E-state index is -0.761. The van der Waals surface area contributed by atoms with E-state index in [0.717, 1.165) is 69.6 Å². The summed E-state index contributed by atoms with van der Waals surface area (Å²) in [4.78, 5) is 37.9. The molecule has 0 spiro atoms. The smallest absolute Gasteiger partial charge is 0.306 e. The Morgan fingerprint density at radius 3 is 0.891 bits per heavy atom. The Morgan fingerprint density at radius 1 is 0.328 bits per heavy atom. The molecule has 0 aliphatic carbocycles. The highest BCUT2D eigenvalue weighted by molar-refractivity contribution is 5.71. The van der Waals surface area contributed by atoms with Gasteiger partial charge in [0.25, 0.3) is 0 Å². The normalized spacial score (nSPS) is 12.5. The first-order chi connectivity index (χ1) is 31.3. The molecule has 0 saturated carbocycles. The second-order valence-corrected chi connectivity index (χ2v) is 20.6. The number of hydrogen-bond acceptors (Lipinski definition) is 6. The lowest BCUT2D eigenvalue weighted by molar-refractivity contribution is -0.167. The van der Waals surface area contributed by atoms with Gasteiger partial charge in [-0.25, -0.2) is 0 Å². The summed E-state index contributed by atoms with van der Waals surface area (Å²) < 4.78 is 16.8. The van der Waals surface area contributed by atoms with Crippen LogP contribution in [0.5, 0.6) is 0 Å². The van der Waals surface area contributed by atoms with E-state index in [0.29, 0.717) is 19.3 Å². The van der Waals surface area contributed by atoms with E-state index in [4.69, 9.17) is 14.2 Å². The fourth-order valence-corrected chi connectivity index (χ4v) is 8.84. The molecule has 0 N–H and O–H groups in total. The molecule has 0 amide bonds. The van der Waals surface area contributed by atoms with Crippen LogP contribution in [0.4, 0.5) is 0 Å². The second kappa shape index (κ2) is 50.8. The van der Waals surface area contributed by atoms with Gasteiger partial charge in [0, 0.05) is 19.3 Å². The largest absolute Gasteiger partial charge is 0.462 e. The van der Waals surface area contributed by atoms with Crippen molar-refractivity contribution < 1.29 is 28.6 Å². The number of hydrogen-bond donors (Lipinski definition) is 0. The number of esters is 3. The van der Waals surface area contributed by atoms with Crippen LogP contribution in [0.15, 0.2) is 0 Å². The summed E-state index contributed by atoms with van der Waals surface area (Å²) in [7, 11) is 0. The van der Waals surface area contributed by atoms with E-state index in [9.17, 15) is 14.4 Å². The summed E-state index contributed by atoms with van der Waals surface area (Å²) in [6.45, 7) is 11.4. The van der Waals surface area contributed by atoms with Crippen LogP contribution in [0.2, 0.25) is 0 Å². The van der Waals surface area contributed by atoms with Gasteiger partial charge in [0.2, 0.25) is 0 Å². The SMILES string of the molecule is CCCCCCCCCC(=O)OC[C@H](COC(=O)CCCCCCCCCCCCCCCCC(C)C)OC(=O)CCCCCCCCCCCCCCCCCCCCC(C)CC. The lowest BCUT2D eigenvalue weighted by Crippen LogP contribution is -2.30. The fourth-order valence-electron chi connectivity index (χ4n) is 8.84. The maximum Gasteiger partial charge on any atom is 0.306 e. The van der Waals surface area contributed by atoms with Crippen LogP contribution in [0, 0.1) is 11.8 Å². The van der Waals surface area contributed by atoms with Crippen LogP contribution in [0.1, 0.15) is 324 Å². The molecule has 2 atom stereocenters. The maximum absolute atomic E-state index is 12.8. The molecule has 380 valence electrons. The topological polar surface area (TPSA) is 78.9 Å². The van der Waals surface area contributed by atoms with Crippen LogP contribution in [0.3, 0.4) is 0 Å². The molecule has 0 aliphatic heterocycles. The van der Waals surface area contributed by atoms with Gasteiger partial charge in [-0.15, -0.1) is 0 Å². The summed E-state index contributed by atoms with van der Waals surface area (Å²) in [6.07, 6.45) is 53.9. The molecule has 0 heterocycles. The Bertz CT molecular complexity index is 980. The van der Waals surface area contributed by atoms with Gasteiger partial charge >= 0.3 is 17.9 Å². The molecular formula is C58H112O6. The highest BCUT2D eigenvalue weighted by atomic mass is 16.6. The monoisotopic (exact) mass is 905 g/mol. The minimum Gasteiger partial charge on any atom is -0.462 e. The van der Waals surface area contributed by atoms with Gasteiger partial charge < -0.3 is 14.2 Å². The highest BCUT2D eigenvalue weighted by Gasteiger charge is 2.19. The zero-order chi connectivity index (χ0) is 46.8. The molecule has 6 nitrogen and oxygen atoms in total. The Hall–Kier alpha value is -1.59. The highest BCUT2D eigenvalue weighted by Crippen LogP contribution is 2.19. The molecule has 64 heavy (non-hydrogen) atoms. The first-order valence-corrected chi connectivity index (χ1v) is 28.8. The standard InChI is InChI=1S/C58H112O6/c1-6-8-9-10-31-38-43-48-56(59)62-51-55(52-63-57(60)49-44-39-34-29-25-21-18-17-19-23-27-32-36-41-46-53(3)4)64-58(61)50-45-40-35-30-26-22-16-14-12-11-13-15-20-24-28-33-37-42-47-54(5)7-2/h53-55H,6-52H2,1-5H3/t54?,55-/m1/s1. The van der Waals surface area contributed by atoms with E-state index in [2.05, 4.69) is 34.6 Å². The predicted octanol–water partition coefficient (Wildman–Crippen LogP) is 18.9. The third-order valence-electron chi connectivity index (χ3n) is 13.6. The summed E-state index contributed by atoms with van der Waals surface area (Å²) in [5, 5.41) is 0. The summed E-state index contributed by atoms with van der Waals surface area (Å²) in [6, 6.07) is 0. The number of carbonyl (C=O) groups excluding carboxylic acids is 3. The van der Waals surface area contributed by atoms with Gasteiger partial charge in [0.15, 0.2) is 6.10 Å². The van der Waals surface area contributed by atoms with E-state index in [1.54, 1.807) is 0 Å². The van der Waals surface area contributed by atoms with E-state index < -0.39 is 6.10 Å². The molecule has 6 heteroatoms. The van der Waals surface area contributed by atoms with Crippen LogP contribution in [-0.4, -0.2) is 37.2 Å². The van der Waals surface area contributed by atoms with E-state index >= 15 is 0 Å². The number of carbonyl (C=O) groups is 3. The summed E-state index contributed by atoms with van der Waals surface area (Å²) in [5.41, 5.74) is 0. The van der Waals surface area contributed by atoms with Crippen molar-refractivity contribution in [1.82, 2.24) is 0 Å². The molecule has 1 unspecified atom stereocenters. The molecule has 0 bridgehead atoms. The molecule has 0 aromatic carbocycles. The van der Waals surface area contributed by atoms with Gasteiger partial charge in [-0.2, -0.15) is 0 Å². The number of rotatable bonds is 52. The summed E-state index contributed by atoms with van der Waals surface area (Å²) in [5.74, 6) is 0.907. The quantitative estimate of drug-likeness (QED) is 0.0344. The first kappa shape index (κ1) is 62.4. The van der Waals surface area contributed by atoms with Crippen molar-refractivity contribution in [3.63, 3.8) is 0 Å². The second-order valence-electron chi connectivity index (χ2n) is 20.6. The van der Waals surface area contributed by atoms with Gasteiger partial charge in [-0.3, -0.25) is 14.4 Å². The fraction of sp³-hybridized carbons (Fsp3) is 0.948. The Morgan fingerprint density at radius 2 is 0.594 bits per heavy atom. The summed E-state index contributed by atoms with van der Waals surface area (Å²) >= 11 is 0. The molecule has 0 radical (unpaired) electrons. The Labute approximate surface area is 399 Å². The molecule has 0 aromatic rings. The van der Waals surface area contributed by atoms with Crippen molar-refractivity contribution in [2.75, 3.05) is 13.2 Å². The van der Waals surface area contributed by atoms with Crippen LogP contribution < -0.4 is 0 Å². The zero-order valence-corrected chi connectivity index (χ0v) is 43.9. The minimum absolute atomic E-state index is 0.0632. The third kappa shape index (κ3) is 49.8. The predicted molar refractivity (Wildman–Crippen MR) is 275 cm³/mol. The van der Waals surface area contributed by atoms with Gasteiger partial charge in [0.1, 0.15) is 13.2 Å².